The molecule has 0 bridgehead atoms. The molecular weight excluding hydrogens is 454 g/mol. The predicted octanol–water partition coefficient (Wildman–Crippen LogP) is 2.37. The van der Waals surface area contributed by atoms with Gasteiger partial charge in [-0.3, -0.25) is 14.2 Å². The van der Waals surface area contributed by atoms with E-state index in [9.17, 15) is 9.00 Å². The van der Waals surface area contributed by atoms with Crippen LogP contribution >= 0.6 is 0 Å². The van der Waals surface area contributed by atoms with Crippen molar-refractivity contribution in [3.8, 4) is 5.75 Å². The molecule has 0 radical (unpaired) electrons. The second kappa shape index (κ2) is 8.71. The number of carbonyl (C=O) groups excluding carboxylic acids is 1. The number of pyridine rings is 1. The monoisotopic (exact) mass is 481 g/mol. The van der Waals surface area contributed by atoms with E-state index in [-0.39, 0.29) is 17.8 Å². The van der Waals surface area contributed by atoms with Gasteiger partial charge in [0.25, 0.3) is 5.91 Å². The number of rotatable bonds is 4. The number of amidine groups is 1. The molecule has 34 heavy (non-hydrogen) atoms. The number of hydrogen-bond donors (Lipinski definition) is 2. The first kappa shape index (κ1) is 22.3. The molecule has 3 aromatic rings. The van der Waals surface area contributed by atoms with Crippen molar-refractivity contribution < 1.29 is 13.7 Å². The van der Waals surface area contributed by atoms with Crippen molar-refractivity contribution in [1.29, 1.82) is 0 Å². The van der Waals surface area contributed by atoms with E-state index < -0.39 is 11.2 Å². The maximum absolute atomic E-state index is 13.8. The Balaban J connectivity index is 1.43. The van der Waals surface area contributed by atoms with Crippen molar-refractivity contribution in [3.63, 3.8) is 0 Å². The van der Waals surface area contributed by atoms with Crippen LogP contribution in [0.2, 0.25) is 0 Å². The van der Waals surface area contributed by atoms with Gasteiger partial charge in [0.1, 0.15) is 18.2 Å². The fourth-order valence-electron chi connectivity index (χ4n) is 4.77. The number of nitrogens with zero attached hydrogens (tertiary/aromatic N) is 5. The summed E-state index contributed by atoms with van der Waals surface area (Å²) in [5, 5.41) is 5.27. The van der Waals surface area contributed by atoms with Crippen LogP contribution in [0.5, 0.6) is 5.75 Å². The number of aromatic nitrogens is 3. The zero-order chi connectivity index (χ0) is 24.0. The van der Waals surface area contributed by atoms with Crippen LogP contribution in [0.25, 0.3) is 11.0 Å². The van der Waals surface area contributed by atoms with Crippen LogP contribution in [0.3, 0.4) is 0 Å². The predicted molar refractivity (Wildman–Crippen MR) is 131 cm³/mol. The summed E-state index contributed by atoms with van der Waals surface area (Å²) in [6.07, 6.45) is 2.80. The Morgan fingerprint density at radius 1 is 1.32 bits per heavy atom. The summed E-state index contributed by atoms with van der Waals surface area (Å²) in [5.41, 5.74) is 10.1. The average Bonchev–Trinajstić information content (AvgIpc) is 3.09. The van der Waals surface area contributed by atoms with E-state index >= 15 is 0 Å². The number of ether oxygens (including phenoxy) is 1. The van der Waals surface area contributed by atoms with Gasteiger partial charge in [0, 0.05) is 19.3 Å². The van der Waals surface area contributed by atoms with Gasteiger partial charge in [-0.15, -0.1) is 0 Å². The molecule has 0 spiro atoms. The van der Waals surface area contributed by atoms with Crippen LogP contribution in [-0.4, -0.2) is 54.8 Å². The lowest BCUT2D eigenvalue weighted by Crippen LogP contribution is -2.47. The van der Waals surface area contributed by atoms with Crippen LogP contribution in [0.1, 0.15) is 46.6 Å². The molecule has 2 aliphatic rings. The van der Waals surface area contributed by atoms with Crippen molar-refractivity contribution in [2.24, 2.45) is 17.2 Å². The Bertz CT molecular complexity index is 1350. The molecular formula is C23H27N7O3S. The first-order chi connectivity index (χ1) is 16.3. The first-order valence-electron chi connectivity index (χ1n) is 11.2. The van der Waals surface area contributed by atoms with E-state index in [1.165, 1.54) is 0 Å². The largest absolute Gasteiger partial charge is 0.491 e. The Morgan fingerprint density at radius 3 is 2.97 bits per heavy atom. The summed E-state index contributed by atoms with van der Waals surface area (Å²) in [7, 11) is 1.84. The number of amides is 1. The van der Waals surface area contributed by atoms with Crippen LogP contribution in [0.15, 0.2) is 28.7 Å². The molecule has 0 aliphatic carbocycles. The van der Waals surface area contributed by atoms with Gasteiger partial charge in [0.05, 0.1) is 33.9 Å². The number of fused-ring (bicyclic) bond motifs is 2. The van der Waals surface area contributed by atoms with Crippen LogP contribution in [0, 0.1) is 13.8 Å². The second-order valence-corrected chi connectivity index (χ2v) is 9.57. The Kier molecular flexibility index (Phi) is 5.72. The van der Waals surface area contributed by atoms with Crippen molar-refractivity contribution in [3.05, 3.63) is 46.8 Å². The van der Waals surface area contributed by atoms with Crippen molar-refractivity contribution in [2.45, 2.75) is 39.2 Å². The molecule has 4 heterocycles. The quantitative estimate of drug-likeness (QED) is 0.589. The van der Waals surface area contributed by atoms with Gasteiger partial charge in [0.15, 0.2) is 5.65 Å². The first-order valence-corrected chi connectivity index (χ1v) is 12.3. The molecule has 1 aromatic carbocycles. The maximum Gasteiger partial charge on any atom is 0.255 e. The molecule has 10 nitrogen and oxygen atoms in total. The average molecular weight is 482 g/mol. The van der Waals surface area contributed by atoms with Gasteiger partial charge in [-0.25, -0.2) is 9.19 Å². The van der Waals surface area contributed by atoms with Crippen molar-refractivity contribution in [2.75, 3.05) is 17.9 Å². The number of piperidine rings is 1. The fourth-order valence-corrected chi connectivity index (χ4v) is 5.45. The summed E-state index contributed by atoms with van der Waals surface area (Å²) in [5.74, 6) is 0.681. The highest BCUT2D eigenvalue weighted by Gasteiger charge is 2.31. The summed E-state index contributed by atoms with van der Waals surface area (Å²) < 4.78 is 26.4. The van der Waals surface area contributed by atoms with Crippen LogP contribution in [-0.2, 0) is 18.2 Å². The van der Waals surface area contributed by atoms with Gasteiger partial charge in [-0.05, 0) is 51.3 Å². The summed E-state index contributed by atoms with van der Waals surface area (Å²) in [6.45, 7) is 4.77. The van der Waals surface area contributed by atoms with E-state index in [0.29, 0.717) is 41.4 Å². The van der Waals surface area contributed by atoms with E-state index in [4.69, 9.17) is 10.5 Å². The number of anilines is 1. The molecule has 3 N–H and O–H groups in total. The molecule has 0 saturated carbocycles. The fraction of sp³-hybridized carbons (Fsp3) is 0.391. The summed E-state index contributed by atoms with van der Waals surface area (Å²) in [4.78, 5) is 20.3. The van der Waals surface area contributed by atoms with Gasteiger partial charge >= 0.3 is 0 Å². The van der Waals surface area contributed by atoms with Crippen LogP contribution < -0.4 is 15.2 Å². The topological polar surface area (TPSA) is 128 Å². The molecule has 2 unspecified atom stereocenters. The third-order valence-electron chi connectivity index (χ3n) is 6.31. The van der Waals surface area contributed by atoms with E-state index in [1.807, 2.05) is 37.9 Å². The highest BCUT2D eigenvalue weighted by Crippen LogP contribution is 2.31. The summed E-state index contributed by atoms with van der Waals surface area (Å²) in [6, 6.07) is 7.15. The molecule has 1 amide bonds. The SMILES string of the molecule is Cc1cc(C(=O)N2CCCCC2COc2cccc3c2C(N)=NS(=O)N3)c2c(C)nn(C)c2n1. The number of nitrogens with one attached hydrogen (secondary N) is 1. The number of carbonyl (C=O) groups is 1. The highest BCUT2D eigenvalue weighted by atomic mass is 32.2. The number of likely N-dealkylation sites (tertiary alicyclic amines) is 1. The van der Waals surface area contributed by atoms with Gasteiger partial charge in [-0.1, -0.05) is 6.07 Å². The number of benzene rings is 1. The standard InChI is InChI=1S/C23H27N7O3S/c1-13-11-16(19-14(2)26-29(3)22(19)25-13)23(31)30-10-5-4-7-15(30)12-33-18-9-6-8-17-20(18)21(24)28-34(32)27-17/h6,8-9,11,15,27H,4-5,7,10,12H2,1-3H3,(H2,24,28). The third kappa shape index (κ3) is 3.89. The van der Waals surface area contributed by atoms with Crippen molar-refractivity contribution >= 4 is 39.6 Å². The molecule has 5 rings (SSSR count). The molecule has 2 aromatic heterocycles. The molecule has 2 atom stereocenters. The van der Waals surface area contributed by atoms with Gasteiger partial charge in [-0.2, -0.15) is 9.50 Å². The van der Waals surface area contributed by atoms with E-state index in [0.717, 1.165) is 36.0 Å². The Hall–Kier alpha value is -3.47. The molecule has 11 heteroatoms. The zero-order valence-electron chi connectivity index (χ0n) is 19.4. The van der Waals surface area contributed by atoms with Gasteiger partial charge in [0.2, 0.25) is 11.2 Å². The van der Waals surface area contributed by atoms with E-state index in [2.05, 4.69) is 19.2 Å². The minimum Gasteiger partial charge on any atom is -0.491 e. The van der Waals surface area contributed by atoms with Crippen molar-refractivity contribution in [1.82, 2.24) is 19.7 Å². The highest BCUT2D eigenvalue weighted by molar-refractivity contribution is 7.85. The number of aryl methyl sites for hydroxylation is 3. The second-order valence-electron chi connectivity index (χ2n) is 8.68. The van der Waals surface area contributed by atoms with Crippen LogP contribution in [0.4, 0.5) is 5.69 Å². The lowest BCUT2D eigenvalue weighted by molar-refractivity contribution is 0.0530. The zero-order valence-corrected chi connectivity index (χ0v) is 20.2. The minimum atomic E-state index is -1.60. The lowest BCUT2D eigenvalue weighted by atomic mass is 10.00. The number of hydrogen-bond acceptors (Lipinski definition) is 6. The Morgan fingerprint density at radius 2 is 2.15 bits per heavy atom. The molecule has 1 fully saturated rings. The summed E-state index contributed by atoms with van der Waals surface area (Å²) >= 11 is -1.60. The lowest BCUT2D eigenvalue weighted by Gasteiger charge is -2.36. The van der Waals surface area contributed by atoms with Gasteiger partial charge < -0.3 is 15.4 Å². The van der Waals surface area contributed by atoms with E-state index in [1.54, 1.807) is 16.8 Å². The molecule has 178 valence electrons. The molecule has 2 aliphatic heterocycles. The minimum absolute atomic E-state index is 0.0341. The Labute approximate surface area is 199 Å². The number of nitrogens with two attached hydrogens (primary N) is 1. The smallest absolute Gasteiger partial charge is 0.255 e. The normalized spacial score (nSPS) is 20.0. The maximum atomic E-state index is 13.8. The third-order valence-corrected chi connectivity index (χ3v) is 7.06. The molecule has 1 saturated heterocycles.